The minimum absolute atomic E-state index is 0.105. The molecule has 1 aromatic rings. The molecule has 0 bridgehead atoms. The molecule has 1 aliphatic rings. The van der Waals surface area contributed by atoms with Crippen LogP contribution >= 0.6 is 0 Å². The lowest BCUT2D eigenvalue weighted by atomic mass is 9.83. The molecule has 13 heavy (non-hydrogen) atoms. The Labute approximate surface area is 78.4 Å². The van der Waals surface area contributed by atoms with Crippen LogP contribution in [0.1, 0.15) is 43.5 Å². The molecule has 3 heteroatoms. The lowest BCUT2D eigenvalue weighted by Gasteiger charge is -2.22. The Hall–Kier alpha value is -0.830. The highest BCUT2D eigenvalue weighted by molar-refractivity contribution is 5.16. The summed E-state index contributed by atoms with van der Waals surface area (Å²) < 4.78 is 1.90. The lowest BCUT2D eigenvalue weighted by molar-refractivity contribution is 0.268. The Morgan fingerprint density at radius 1 is 1.62 bits per heavy atom. The van der Waals surface area contributed by atoms with Crippen LogP contribution in [0.5, 0.6) is 0 Å². The average Bonchev–Trinajstić information content (AvgIpc) is 2.44. The van der Waals surface area contributed by atoms with Gasteiger partial charge in [0.2, 0.25) is 0 Å². The molecule has 2 rings (SSSR count). The van der Waals surface area contributed by atoms with E-state index in [4.69, 9.17) is 5.11 Å². The second kappa shape index (κ2) is 3.50. The van der Waals surface area contributed by atoms with Gasteiger partial charge in [-0.3, -0.25) is 4.68 Å². The maximum atomic E-state index is 9.07. The van der Waals surface area contributed by atoms with Gasteiger partial charge in [0.05, 0.1) is 18.0 Å². The molecule has 0 saturated heterocycles. The number of aliphatic hydroxyl groups excluding tert-OH is 1. The second-order valence-electron chi connectivity index (χ2n) is 3.66. The van der Waals surface area contributed by atoms with Crippen LogP contribution in [-0.4, -0.2) is 14.9 Å². The third kappa shape index (κ3) is 1.48. The van der Waals surface area contributed by atoms with Crippen LogP contribution in [0.15, 0.2) is 6.07 Å². The molecule has 1 heterocycles. The Morgan fingerprint density at radius 2 is 2.38 bits per heavy atom. The summed E-state index contributed by atoms with van der Waals surface area (Å²) in [6.45, 7) is 3.01. The normalized spacial score (nSPS) is 17.4. The molecule has 0 aliphatic heterocycles. The number of nitrogens with zero attached hydrogens (tertiary/aromatic N) is 2. The number of hydrogen-bond donors (Lipinski definition) is 1. The molecule has 0 aromatic carbocycles. The first-order valence-electron chi connectivity index (χ1n) is 5.02. The molecule has 1 fully saturated rings. The first kappa shape index (κ1) is 8.75. The standard InChI is InChI=1S/C10H16N2O/c1-2-12-9(7-13)6-10(11-12)8-4-3-5-8/h6,8,13H,2-5,7H2,1H3. The molecule has 0 spiro atoms. The minimum atomic E-state index is 0.105. The van der Waals surface area contributed by atoms with E-state index in [1.54, 1.807) is 0 Å². The Kier molecular flexibility index (Phi) is 2.36. The van der Waals surface area contributed by atoms with Gasteiger partial charge in [-0.2, -0.15) is 5.10 Å². The first-order valence-corrected chi connectivity index (χ1v) is 5.02. The van der Waals surface area contributed by atoms with E-state index in [0.717, 1.165) is 12.2 Å². The predicted octanol–water partition coefficient (Wildman–Crippen LogP) is 1.66. The van der Waals surface area contributed by atoms with Crippen LogP contribution in [0.4, 0.5) is 0 Å². The highest BCUT2D eigenvalue weighted by Gasteiger charge is 2.22. The molecule has 0 atom stereocenters. The average molecular weight is 180 g/mol. The van der Waals surface area contributed by atoms with Gasteiger partial charge in [-0.25, -0.2) is 0 Å². The Bertz CT molecular complexity index is 268. The van der Waals surface area contributed by atoms with Crippen molar-refractivity contribution >= 4 is 0 Å². The molecule has 72 valence electrons. The highest BCUT2D eigenvalue weighted by Crippen LogP contribution is 2.35. The van der Waals surface area contributed by atoms with Crippen molar-refractivity contribution in [2.45, 2.75) is 45.3 Å². The number of aromatic nitrogens is 2. The molecule has 0 amide bonds. The summed E-state index contributed by atoms with van der Waals surface area (Å²) in [5.41, 5.74) is 2.13. The maximum absolute atomic E-state index is 9.07. The smallest absolute Gasteiger partial charge is 0.0849 e. The number of aryl methyl sites for hydroxylation is 1. The molecule has 1 aromatic heterocycles. The van der Waals surface area contributed by atoms with Crippen molar-refractivity contribution in [1.29, 1.82) is 0 Å². The molecule has 1 aliphatic carbocycles. The number of rotatable bonds is 3. The quantitative estimate of drug-likeness (QED) is 0.768. The predicted molar refractivity (Wildman–Crippen MR) is 50.4 cm³/mol. The largest absolute Gasteiger partial charge is 0.390 e. The third-order valence-electron chi connectivity index (χ3n) is 2.87. The Morgan fingerprint density at radius 3 is 2.77 bits per heavy atom. The fourth-order valence-corrected chi connectivity index (χ4v) is 1.78. The van der Waals surface area contributed by atoms with E-state index in [2.05, 4.69) is 12.0 Å². The van der Waals surface area contributed by atoms with Crippen molar-refractivity contribution in [2.75, 3.05) is 0 Å². The monoisotopic (exact) mass is 180 g/mol. The van der Waals surface area contributed by atoms with E-state index >= 15 is 0 Å². The number of hydrogen-bond acceptors (Lipinski definition) is 2. The summed E-state index contributed by atoms with van der Waals surface area (Å²) in [4.78, 5) is 0. The molecule has 1 N–H and O–H groups in total. The lowest BCUT2D eigenvalue weighted by Crippen LogP contribution is -2.10. The zero-order chi connectivity index (χ0) is 9.26. The van der Waals surface area contributed by atoms with Gasteiger partial charge in [0.1, 0.15) is 0 Å². The van der Waals surface area contributed by atoms with Crippen molar-refractivity contribution in [3.8, 4) is 0 Å². The second-order valence-corrected chi connectivity index (χ2v) is 3.66. The van der Waals surface area contributed by atoms with Crippen LogP contribution in [0.2, 0.25) is 0 Å². The van der Waals surface area contributed by atoms with Crippen LogP contribution in [0, 0.1) is 0 Å². The van der Waals surface area contributed by atoms with E-state index in [-0.39, 0.29) is 6.61 Å². The van der Waals surface area contributed by atoms with Crippen molar-refractivity contribution < 1.29 is 5.11 Å². The van der Waals surface area contributed by atoms with Crippen LogP contribution < -0.4 is 0 Å². The van der Waals surface area contributed by atoms with Gasteiger partial charge in [-0.15, -0.1) is 0 Å². The number of aliphatic hydroxyl groups is 1. The fraction of sp³-hybridized carbons (Fsp3) is 0.700. The summed E-state index contributed by atoms with van der Waals surface area (Å²) in [5, 5.41) is 13.6. The van der Waals surface area contributed by atoms with E-state index in [1.165, 1.54) is 25.0 Å². The van der Waals surface area contributed by atoms with Gasteiger partial charge in [0.15, 0.2) is 0 Å². The maximum Gasteiger partial charge on any atom is 0.0849 e. The van der Waals surface area contributed by atoms with E-state index in [1.807, 2.05) is 10.7 Å². The van der Waals surface area contributed by atoms with Crippen molar-refractivity contribution in [1.82, 2.24) is 9.78 Å². The molecule has 1 saturated carbocycles. The van der Waals surface area contributed by atoms with Crippen molar-refractivity contribution in [3.63, 3.8) is 0 Å². The summed E-state index contributed by atoms with van der Waals surface area (Å²) in [6, 6.07) is 2.05. The van der Waals surface area contributed by atoms with E-state index in [9.17, 15) is 0 Å². The van der Waals surface area contributed by atoms with Gasteiger partial charge in [0, 0.05) is 12.5 Å². The fourth-order valence-electron chi connectivity index (χ4n) is 1.78. The Balaban J connectivity index is 2.21. The summed E-state index contributed by atoms with van der Waals surface area (Å²) >= 11 is 0. The van der Waals surface area contributed by atoms with Crippen LogP contribution in [-0.2, 0) is 13.2 Å². The van der Waals surface area contributed by atoms with Crippen LogP contribution in [0.25, 0.3) is 0 Å². The topological polar surface area (TPSA) is 38.0 Å². The molecule has 0 radical (unpaired) electrons. The SMILES string of the molecule is CCn1nc(C2CCC2)cc1CO. The minimum Gasteiger partial charge on any atom is -0.390 e. The highest BCUT2D eigenvalue weighted by atomic mass is 16.3. The van der Waals surface area contributed by atoms with E-state index in [0.29, 0.717) is 5.92 Å². The van der Waals surface area contributed by atoms with Gasteiger partial charge in [-0.05, 0) is 25.8 Å². The van der Waals surface area contributed by atoms with Gasteiger partial charge in [-0.1, -0.05) is 6.42 Å². The molecular formula is C10H16N2O. The van der Waals surface area contributed by atoms with Gasteiger partial charge in [0.25, 0.3) is 0 Å². The molecular weight excluding hydrogens is 164 g/mol. The molecule has 3 nitrogen and oxygen atoms in total. The van der Waals surface area contributed by atoms with Crippen molar-refractivity contribution in [2.24, 2.45) is 0 Å². The zero-order valence-electron chi connectivity index (χ0n) is 8.03. The molecule has 0 unspecified atom stereocenters. The summed E-state index contributed by atoms with van der Waals surface area (Å²) in [7, 11) is 0. The summed E-state index contributed by atoms with van der Waals surface area (Å²) in [5.74, 6) is 0.665. The van der Waals surface area contributed by atoms with Gasteiger partial charge < -0.3 is 5.11 Å². The van der Waals surface area contributed by atoms with E-state index < -0.39 is 0 Å². The first-order chi connectivity index (χ1) is 6.35. The third-order valence-corrected chi connectivity index (χ3v) is 2.87. The van der Waals surface area contributed by atoms with Gasteiger partial charge >= 0.3 is 0 Å². The van der Waals surface area contributed by atoms with Crippen LogP contribution in [0.3, 0.4) is 0 Å². The van der Waals surface area contributed by atoms with Crippen molar-refractivity contribution in [3.05, 3.63) is 17.5 Å². The zero-order valence-corrected chi connectivity index (χ0v) is 8.03. The summed E-state index contributed by atoms with van der Waals surface area (Å²) in [6.07, 6.45) is 3.87.